The topological polar surface area (TPSA) is 0 Å². The average molecular weight is 611 g/mol. The van der Waals surface area contributed by atoms with Crippen LogP contribution in [0.1, 0.15) is 0 Å². The molecule has 0 aliphatic carbocycles. The summed E-state index contributed by atoms with van der Waals surface area (Å²) >= 11 is 0. The van der Waals surface area contributed by atoms with E-state index in [2.05, 4.69) is 93.4 Å². The van der Waals surface area contributed by atoms with E-state index in [0.29, 0.717) is 0 Å². The van der Waals surface area contributed by atoms with E-state index < -0.39 is 0 Å². The standard InChI is InChI=1S/2C8H11P.C6H5.C5H5.Os/c2*1-9(2)8-6-4-3-5-7-8;1-2-4-6-5-3-1;1-2-4-5-3-1;/h2*3-7H,1-2H3;1-5H;1-5H;/q;;2*-1;+6/p+2. The molecule has 4 aromatic rings. The molecule has 30 heavy (non-hydrogen) atoms. The van der Waals surface area contributed by atoms with Crippen molar-refractivity contribution in [2.24, 2.45) is 0 Å². The third-order valence-electron chi connectivity index (χ3n) is 3.86. The second kappa shape index (κ2) is 19.5. The first kappa shape index (κ1) is 28.5. The second-order valence-corrected chi connectivity index (χ2v) is 11.9. The van der Waals surface area contributed by atoms with Gasteiger partial charge in [0, 0.05) is 15.8 Å². The van der Waals surface area contributed by atoms with E-state index in [1.54, 1.807) is 0 Å². The number of benzene rings is 3. The summed E-state index contributed by atoms with van der Waals surface area (Å²) in [6, 6.07) is 43.9. The first-order valence-corrected chi connectivity index (χ1v) is 14.9. The Hall–Kier alpha value is -1.49. The first-order chi connectivity index (χ1) is 14.1. The van der Waals surface area contributed by atoms with Gasteiger partial charge in [-0.15, -0.1) is 0 Å². The fraction of sp³-hybridized carbons (Fsp3) is 0.148. The van der Waals surface area contributed by atoms with Gasteiger partial charge in [-0.1, -0.05) is 36.4 Å². The van der Waals surface area contributed by atoms with Gasteiger partial charge in [0.2, 0.25) is 0 Å². The molecule has 0 N–H and O–H groups in total. The molecular formula is C27H34OsP2+6. The quantitative estimate of drug-likeness (QED) is 0.181. The second-order valence-electron chi connectivity index (χ2n) is 6.77. The molecule has 0 fully saturated rings. The summed E-state index contributed by atoms with van der Waals surface area (Å²) in [6.07, 6.45) is 0. The van der Waals surface area contributed by atoms with Crippen molar-refractivity contribution in [1.29, 1.82) is 0 Å². The summed E-state index contributed by atoms with van der Waals surface area (Å²) in [4.78, 5) is 0. The molecule has 0 atom stereocenters. The summed E-state index contributed by atoms with van der Waals surface area (Å²) in [5.41, 5.74) is 0. The van der Waals surface area contributed by atoms with Crippen LogP contribution in [0.3, 0.4) is 0 Å². The van der Waals surface area contributed by atoms with E-state index >= 15 is 0 Å². The Bertz CT molecular complexity index is 712. The third-order valence-corrected chi connectivity index (χ3v) is 6.84. The first-order valence-electron chi connectivity index (χ1n) is 9.90. The minimum absolute atomic E-state index is 0. The maximum atomic E-state index is 2.89. The van der Waals surface area contributed by atoms with Crippen LogP contribution in [0.4, 0.5) is 0 Å². The molecule has 0 aromatic heterocycles. The van der Waals surface area contributed by atoms with Crippen LogP contribution in [0.15, 0.2) is 121 Å². The van der Waals surface area contributed by atoms with Crippen LogP contribution < -0.4 is 10.6 Å². The molecule has 0 saturated heterocycles. The van der Waals surface area contributed by atoms with Gasteiger partial charge in [-0.2, -0.15) is 54.6 Å². The maximum absolute atomic E-state index is 2.89. The van der Waals surface area contributed by atoms with Gasteiger partial charge in [-0.05, 0) is 24.3 Å². The molecule has 0 bridgehead atoms. The molecule has 0 nitrogen and oxygen atoms in total. The Kier molecular flexibility index (Phi) is 18.5. The Morgan fingerprint density at radius 3 is 1.07 bits per heavy atom. The van der Waals surface area contributed by atoms with Gasteiger partial charge >= 0.3 is 19.8 Å². The molecule has 0 heterocycles. The predicted octanol–water partition coefficient (Wildman–Crippen LogP) is 6.46. The number of hydrogen-bond donors (Lipinski definition) is 0. The Labute approximate surface area is 199 Å². The van der Waals surface area contributed by atoms with E-state index in [4.69, 9.17) is 0 Å². The monoisotopic (exact) mass is 612 g/mol. The van der Waals surface area contributed by atoms with Gasteiger partial charge in [0.05, 0.1) is 37.3 Å². The zero-order valence-corrected chi connectivity index (χ0v) is 22.9. The van der Waals surface area contributed by atoms with Crippen LogP contribution in [0.25, 0.3) is 0 Å². The molecule has 4 rings (SSSR count). The van der Waals surface area contributed by atoms with Crippen molar-refractivity contribution in [3.8, 4) is 0 Å². The zero-order chi connectivity index (χ0) is 21.2. The molecule has 0 unspecified atom stereocenters. The summed E-state index contributed by atoms with van der Waals surface area (Å²) in [5, 5.41) is 3.03. The van der Waals surface area contributed by atoms with Crippen molar-refractivity contribution in [3.63, 3.8) is 0 Å². The Morgan fingerprint density at radius 1 is 0.533 bits per heavy atom. The molecular weight excluding hydrogens is 576 g/mol. The van der Waals surface area contributed by atoms with Crippen LogP contribution in [0.2, 0.25) is 0 Å². The van der Waals surface area contributed by atoms with Gasteiger partial charge in [0.15, 0.2) is 0 Å². The molecule has 154 valence electrons. The third kappa shape index (κ3) is 15.4. The molecule has 4 aromatic carbocycles. The molecule has 0 radical (unpaired) electrons. The van der Waals surface area contributed by atoms with E-state index in [0.717, 1.165) is 0 Å². The number of hydrogen-bond acceptors (Lipinski definition) is 0. The van der Waals surface area contributed by atoms with Crippen molar-refractivity contribution >= 4 is 26.5 Å². The van der Waals surface area contributed by atoms with Crippen molar-refractivity contribution in [1.82, 2.24) is 0 Å². The van der Waals surface area contributed by atoms with Crippen LogP contribution in [0.5, 0.6) is 0 Å². The van der Waals surface area contributed by atoms with Crippen LogP contribution in [-0.2, 0) is 19.8 Å². The number of rotatable bonds is 2. The van der Waals surface area contributed by atoms with E-state index in [1.807, 2.05) is 60.7 Å². The van der Waals surface area contributed by atoms with Crippen LogP contribution >= 0.6 is 15.8 Å². The average Bonchev–Trinajstić information content (AvgIpc) is 3.37. The normalized spacial score (nSPS) is 9.00. The van der Waals surface area contributed by atoms with Gasteiger partial charge in [-0.25, -0.2) is 12.1 Å². The van der Waals surface area contributed by atoms with Gasteiger partial charge < -0.3 is 0 Å². The van der Waals surface area contributed by atoms with Crippen LogP contribution in [-0.4, -0.2) is 26.7 Å². The SMILES string of the molecule is C[PH+](C)c1ccccc1.C[PH+](C)c1ccccc1.[Os+6].[c-]1ccccc1.c1cc[cH-]c1. The smallest absolute Gasteiger partial charge is 0.214 e. The molecule has 0 spiro atoms. The van der Waals surface area contributed by atoms with Gasteiger partial charge in [-0.3, -0.25) is 0 Å². The molecule has 3 heteroatoms. The van der Waals surface area contributed by atoms with Crippen molar-refractivity contribution < 1.29 is 19.8 Å². The Morgan fingerprint density at radius 2 is 0.900 bits per heavy atom. The summed E-state index contributed by atoms with van der Waals surface area (Å²) in [7, 11) is -0.424. The summed E-state index contributed by atoms with van der Waals surface area (Å²) in [6.45, 7) is 9.22. The predicted molar refractivity (Wildman–Crippen MR) is 140 cm³/mol. The molecule has 0 aliphatic heterocycles. The van der Waals surface area contributed by atoms with Gasteiger partial charge in [0.25, 0.3) is 0 Å². The molecule has 0 saturated carbocycles. The summed E-state index contributed by atoms with van der Waals surface area (Å²) in [5.74, 6) is 0. The van der Waals surface area contributed by atoms with E-state index in [1.165, 1.54) is 10.6 Å². The molecule has 0 aliphatic rings. The van der Waals surface area contributed by atoms with Crippen LogP contribution in [0, 0.1) is 6.07 Å². The van der Waals surface area contributed by atoms with Gasteiger partial charge in [0.1, 0.15) is 0 Å². The van der Waals surface area contributed by atoms with Crippen molar-refractivity contribution in [2.75, 3.05) is 26.7 Å². The fourth-order valence-corrected chi connectivity index (χ4v) is 3.92. The minimum atomic E-state index is -0.212. The van der Waals surface area contributed by atoms with E-state index in [9.17, 15) is 0 Å². The summed E-state index contributed by atoms with van der Waals surface area (Å²) < 4.78 is 0. The van der Waals surface area contributed by atoms with E-state index in [-0.39, 0.29) is 35.6 Å². The fourth-order valence-electron chi connectivity index (χ4n) is 2.21. The largest absolute Gasteiger partial charge is 6.00 e. The van der Waals surface area contributed by atoms with Crippen molar-refractivity contribution in [3.05, 3.63) is 127 Å². The molecule has 0 amide bonds. The Balaban J connectivity index is 0.000000379. The minimum Gasteiger partial charge on any atom is -0.214 e. The van der Waals surface area contributed by atoms with Crippen molar-refractivity contribution in [2.45, 2.75) is 0 Å². The zero-order valence-electron chi connectivity index (χ0n) is 18.4. The maximum Gasteiger partial charge on any atom is 6.00 e.